The fourth-order valence-electron chi connectivity index (χ4n) is 2.92. The fourth-order valence-corrected chi connectivity index (χ4v) is 2.92. The van der Waals surface area contributed by atoms with Crippen molar-refractivity contribution >= 4 is 23.3 Å². The number of benzene rings is 1. The van der Waals surface area contributed by atoms with Gasteiger partial charge in [-0.2, -0.15) is 0 Å². The number of carbonyl (C=O) groups excluding carboxylic acids is 3. The first-order valence-corrected chi connectivity index (χ1v) is 6.94. The minimum atomic E-state index is -1.29. The zero-order valence-corrected chi connectivity index (χ0v) is 11.8. The van der Waals surface area contributed by atoms with Crippen molar-refractivity contribution in [3.63, 3.8) is 0 Å². The van der Waals surface area contributed by atoms with E-state index in [1.54, 1.807) is 36.4 Å². The SMILES string of the molecule is CC(=O)c1ccc(NC(=O)[C@H]2[C@@H](C(=O)[O-])[C@@H]3C=C[C@H]2O3)cc1. The summed E-state index contributed by atoms with van der Waals surface area (Å²) in [5.41, 5.74) is 1.04. The molecule has 1 saturated heterocycles. The second-order valence-electron chi connectivity index (χ2n) is 5.44. The van der Waals surface area contributed by atoms with Gasteiger partial charge in [-0.1, -0.05) is 12.2 Å². The lowest BCUT2D eigenvalue weighted by molar-refractivity contribution is -0.313. The van der Waals surface area contributed by atoms with Crippen LogP contribution in [0.25, 0.3) is 0 Å². The summed E-state index contributed by atoms with van der Waals surface area (Å²) in [6.45, 7) is 1.46. The molecule has 2 heterocycles. The molecular weight excluding hydrogens is 286 g/mol. The van der Waals surface area contributed by atoms with Gasteiger partial charge in [-0.15, -0.1) is 0 Å². The average Bonchev–Trinajstić information content (AvgIpc) is 3.08. The quantitative estimate of drug-likeness (QED) is 0.630. The van der Waals surface area contributed by atoms with Crippen LogP contribution in [0.15, 0.2) is 36.4 Å². The van der Waals surface area contributed by atoms with Gasteiger partial charge >= 0.3 is 0 Å². The van der Waals surface area contributed by atoms with Crippen LogP contribution in [-0.2, 0) is 14.3 Å². The molecule has 0 saturated carbocycles. The molecule has 1 aromatic carbocycles. The first kappa shape index (κ1) is 14.5. The normalized spacial score (nSPS) is 28.6. The summed E-state index contributed by atoms with van der Waals surface area (Å²) in [5, 5.41) is 13.9. The molecule has 1 N–H and O–H groups in total. The number of hydrogen-bond donors (Lipinski definition) is 1. The highest BCUT2D eigenvalue weighted by Gasteiger charge is 2.50. The van der Waals surface area contributed by atoms with Crippen LogP contribution in [0.2, 0.25) is 0 Å². The maximum Gasteiger partial charge on any atom is 0.231 e. The lowest BCUT2D eigenvalue weighted by Crippen LogP contribution is -2.45. The number of ketones is 1. The van der Waals surface area contributed by atoms with E-state index in [0.717, 1.165) is 0 Å². The molecule has 4 atom stereocenters. The van der Waals surface area contributed by atoms with Crippen LogP contribution in [0.1, 0.15) is 17.3 Å². The Morgan fingerprint density at radius 1 is 1.05 bits per heavy atom. The van der Waals surface area contributed by atoms with E-state index in [1.165, 1.54) is 6.92 Å². The fraction of sp³-hybridized carbons (Fsp3) is 0.312. The third-order valence-corrected chi connectivity index (χ3v) is 4.03. The van der Waals surface area contributed by atoms with Gasteiger partial charge in [0.15, 0.2) is 5.78 Å². The van der Waals surface area contributed by atoms with Gasteiger partial charge in [0, 0.05) is 23.1 Å². The van der Waals surface area contributed by atoms with Gasteiger partial charge in [-0.3, -0.25) is 9.59 Å². The molecule has 2 bridgehead atoms. The molecule has 0 aliphatic carbocycles. The zero-order valence-electron chi connectivity index (χ0n) is 11.8. The van der Waals surface area contributed by atoms with Crippen molar-refractivity contribution in [2.24, 2.45) is 11.8 Å². The highest BCUT2D eigenvalue weighted by molar-refractivity contribution is 5.98. The van der Waals surface area contributed by atoms with Crippen LogP contribution in [0, 0.1) is 11.8 Å². The maximum absolute atomic E-state index is 12.4. The van der Waals surface area contributed by atoms with Crippen molar-refractivity contribution in [1.82, 2.24) is 0 Å². The summed E-state index contributed by atoms with van der Waals surface area (Å²) in [6, 6.07) is 6.41. The third-order valence-electron chi connectivity index (χ3n) is 4.03. The molecule has 0 radical (unpaired) electrons. The van der Waals surface area contributed by atoms with Crippen molar-refractivity contribution in [2.75, 3.05) is 5.32 Å². The van der Waals surface area contributed by atoms with E-state index >= 15 is 0 Å². The van der Waals surface area contributed by atoms with Crippen LogP contribution in [0.4, 0.5) is 5.69 Å². The van der Waals surface area contributed by atoms with Crippen molar-refractivity contribution in [1.29, 1.82) is 0 Å². The van der Waals surface area contributed by atoms with Crippen LogP contribution in [0.3, 0.4) is 0 Å². The molecule has 114 valence electrons. The molecule has 6 heteroatoms. The molecule has 0 aromatic heterocycles. The number of Topliss-reactive ketones (excluding diaryl/α,β-unsaturated/α-hetero) is 1. The predicted octanol–water partition coefficient (Wildman–Crippen LogP) is 0.147. The zero-order chi connectivity index (χ0) is 15.9. The predicted molar refractivity (Wildman–Crippen MR) is 74.9 cm³/mol. The monoisotopic (exact) mass is 300 g/mol. The summed E-state index contributed by atoms with van der Waals surface area (Å²) in [7, 11) is 0. The summed E-state index contributed by atoms with van der Waals surface area (Å²) >= 11 is 0. The second-order valence-corrected chi connectivity index (χ2v) is 5.44. The summed E-state index contributed by atoms with van der Waals surface area (Å²) < 4.78 is 5.43. The Hall–Kier alpha value is -2.47. The Morgan fingerprint density at radius 2 is 1.64 bits per heavy atom. The molecule has 1 aromatic rings. The van der Waals surface area contributed by atoms with Gasteiger partial charge < -0.3 is 20.0 Å². The molecule has 0 unspecified atom stereocenters. The molecule has 6 nitrogen and oxygen atoms in total. The number of aliphatic carboxylic acids is 1. The molecule has 2 aliphatic heterocycles. The van der Waals surface area contributed by atoms with Crippen molar-refractivity contribution in [3.05, 3.63) is 42.0 Å². The molecule has 1 amide bonds. The number of rotatable bonds is 4. The standard InChI is InChI=1S/C16H15NO5/c1-8(18)9-2-4-10(5-3-9)17-15(19)13-11-6-7-12(22-11)14(13)16(20)21/h2-7,11-14H,1H3,(H,17,19)(H,20,21)/p-1/t11-,12+,13-,14+/m1/s1. The van der Waals surface area contributed by atoms with E-state index in [4.69, 9.17) is 4.74 Å². The number of anilines is 1. The smallest absolute Gasteiger partial charge is 0.231 e. The second kappa shape index (κ2) is 5.38. The summed E-state index contributed by atoms with van der Waals surface area (Å²) in [4.78, 5) is 34.8. The molecular formula is C16H14NO5-. The highest BCUT2D eigenvalue weighted by atomic mass is 16.5. The largest absolute Gasteiger partial charge is 0.550 e. The van der Waals surface area contributed by atoms with Gasteiger partial charge in [0.1, 0.15) is 0 Å². The highest BCUT2D eigenvalue weighted by Crippen LogP contribution is 2.39. The third kappa shape index (κ3) is 2.42. The minimum absolute atomic E-state index is 0.0680. The first-order chi connectivity index (χ1) is 10.5. The van der Waals surface area contributed by atoms with Crippen molar-refractivity contribution in [3.8, 4) is 0 Å². The van der Waals surface area contributed by atoms with Crippen molar-refractivity contribution < 1.29 is 24.2 Å². The number of carbonyl (C=O) groups is 3. The number of amides is 1. The van der Waals surface area contributed by atoms with E-state index < -0.39 is 35.9 Å². The summed E-state index contributed by atoms with van der Waals surface area (Å²) in [5.74, 6) is -3.58. The van der Waals surface area contributed by atoms with E-state index in [9.17, 15) is 19.5 Å². The van der Waals surface area contributed by atoms with Gasteiger partial charge in [0.05, 0.1) is 18.1 Å². The molecule has 0 spiro atoms. The van der Waals surface area contributed by atoms with Crippen LogP contribution >= 0.6 is 0 Å². The van der Waals surface area contributed by atoms with Crippen molar-refractivity contribution in [2.45, 2.75) is 19.1 Å². The Kier molecular flexibility index (Phi) is 3.54. The average molecular weight is 300 g/mol. The maximum atomic E-state index is 12.4. The number of hydrogen-bond acceptors (Lipinski definition) is 5. The Bertz CT molecular complexity index is 664. The first-order valence-electron chi connectivity index (χ1n) is 6.94. The van der Waals surface area contributed by atoms with Gasteiger partial charge in [0.2, 0.25) is 5.91 Å². The van der Waals surface area contributed by atoms with Gasteiger partial charge in [-0.25, -0.2) is 0 Å². The van der Waals surface area contributed by atoms with Gasteiger partial charge in [0.25, 0.3) is 0 Å². The molecule has 1 fully saturated rings. The van der Waals surface area contributed by atoms with Gasteiger partial charge in [-0.05, 0) is 31.2 Å². The lowest BCUT2D eigenvalue weighted by Gasteiger charge is -2.24. The van der Waals surface area contributed by atoms with Crippen LogP contribution < -0.4 is 10.4 Å². The molecule has 22 heavy (non-hydrogen) atoms. The van der Waals surface area contributed by atoms with E-state index in [1.807, 2.05) is 0 Å². The summed E-state index contributed by atoms with van der Waals surface area (Å²) in [6.07, 6.45) is 2.21. The topological polar surface area (TPSA) is 95.5 Å². The Morgan fingerprint density at radius 3 is 2.18 bits per heavy atom. The van der Waals surface area contributed by atoms with Crippen LogP contribution in [0.5, 0.6) is 0 Å². The number of carboxylic acids is 1. The van der Waals surface area contributed by atoms with E-state index in [0.29, 0.717) is 11.3 Å². The number of fused-ring (bicyclic) bond motifs is 2. The molecule has 3 rings (SSSR count). The Balaban J connectivity index is 1.75. The van der Waals surface area contributed by atoms with E-state index in [2.05, 4.69) is 5.32 Å². The molecule has 2 aliphatic rings. The minimum Gasteiger partial charge on any atom is -0.550 e. The van der Waals surface area contributed by atoms with E-state index in [-0.39, 0.29) is 5.78 Å². The number of nitrogens with one attached hydrogen (secondary N) is 1. The Labute approximate surface area is 126 Å². The number of carboxylic acid groups (broad SMARTS) is 1. The lowest BCUT2D eigenvalue weighted by atomic mass is 9.82. The van der Waals surface area contributed by atoms with Crippen LogP contribution in [-0.4, -0.2) is 29.9 Å². The number of ether oxygens (including phenoxy) is 1.